The Morgan fingerprint density at radius 3 is 2.47 bits per heavy atom. The molecule has 2 rings (SSSR count). The molecule has 0 aromatic rings. The molecule has 17 heavy (non-hydrogen) atoms. The normalized spacial score (nSPS) is 22.6. The predicted octanol–water partition coefficient (Wildman–Crippen LogP) is 2.10. The molecule has 1 unspecified atom stereocenters. The zero-order valence-electron chi connectivity index (χ0n) is 10.7. The van der Waals surface area contributed by atoms with Crippen LogP contribution in [0.1, 0.15) is 45.4 Å². The van der Waals surface area contributed by atoms with E-state index in [0.29, 0.717) is 12.0 Å². The van der Waals surface area contributed by atoms with E-state index in [4.69, 9.17) is 0 Å². The number of amides is 1. The van der Waals surface area contributed by atoms with Crippen LogP contribution in [0.2, 0.25) is 0 Å². The second-order valence-electron chi connectivity index (χ2n) is 5.55. The van der Waals surface area contributed by atoms with Gasteiger partial charge in [-0.15, -0.1) is 12.4 Å². The minimum absolute atomic E-state index is 0. The average Bonchev–Trinajstić information content (AvgIpc) is 3.02. The first-order valence-electron chi connectivity index (χ1n) is 6.74. The number of halogens is 1. The molecule has 2 N–H and O–H groups in total. The van der Waals surface area contributed by atoms with E-state index in [2.05, 4.69) is 17.6 Å². The number of nitrogens with one attached hydrogen (secondary N) is 2. The second kappa shape index (κ2) is 7.22. The van der Waals surface area contributed by atoms with Crippen LogP contribution in [0.4, 0.5) is 0 Å². The van der Waals surface area contributed by atoms with Gasteiger partial charge in [0.25, 0.3) is 0 Å². The lowest BCUT2D eigenvalue weighted by molar-refractivity contribution is -0.122. The zero-order chi connectivity index (χ0) is 11.4. The molecule has 1 saturated carbocycles. The lowest BCUT2D eigenvalue weighted by Gasteiger charge is -2.23. The summed E-state index contributed by atoms with van der Waals surface area (Å²) in [6.07, 6.45) is 6.96. The molecule has 1 aliphatic heterocycles. The Bertz CT molecular complexity index is 238. The van der Waals surface area contributed by atoms with Crippen molar-refractivity contribution in [1.29, 1.82) is 0 Å². The molecular formula is C13H25ClN2O. The van der Waals surface area contributed by atoms with E-state index in [-0.39, 0.29) is 18.3 Å². The summed E-state index contributed by atoms with van der Waals surface area (Å²) < 4.78 is 0. The van der Waals surface area contributed by atoms with Gasteiger partial charge in [-0.2, -0.15) is 0 Å². The van der Waals surface area contributed by atoms with Gasteiger partial charge in [0.15, 0.2) is 0 Å². The van der Waals surface area contributed by atoms with E-state index in [1.165, 1.54) is 19.3 Å². The molecule has 0 radical (unpaired) electrons. The first-order valence-corrected chi connectivity index (χ1v) is 6.74. The van der Waals surface area contributed by atoms with Crippen LogP contribution < -0.4 is 10.6 Å². The number of hydrogen-bond donors (Lipinski definition) is 2. The Hall–Kier alpha value is -0.280. The number of rotatable bonds is 5. The van der Waals surface area contributed by atoms with Crippen LogP contribution >= 0.6 is 12.4 Å². The molecule has 3 nitrogen and oxygen atoms in total. The van der Waals surface area contributed by atoms with Crippen LogP contribution in [0.3, 0.4) is 0 Å². The third-order valence-electron chi connectivity index (χ3n) is 3.72. The molecule has 0 aromatic heterocycles. The van der Waals surface area contributed by atoms with E-state index in [1.54, 1.807) is 0 Å². The third-order valence-corrected chi connectivity index (χ3v) is 3.72. The first kappa shape index (κ1) is 14.8. The Morgan fingerprint density at radius 2 is 1.88 bits per heavy atom. The van der Waals surface area contributed by atoms with Crippen molar-refractivity contribution in [3.05, 3.63) is 0 Å². The van der Waals surface area contributed by atoms with Gasteiger partial charge in [-0.1, -0.05) is 12.8 Å². The van der Waals surface area contributed by atoms with Gasteiger partial charge < -0.3 is 10.6 Å². The van der Waals surface area contributed by atoms with E-state index >= 15 is 0 Å². The summed E-state index contributed by atoms with van der Waals surface area (Å²) >= 11 is 0. The highest BCUT2D eigenvalue weighted by atomic mass is 35.5. The van der Waals surface area contributed by atoms with Crippen molar-refractivity contribution >= 4 is 18.3 Å². The van der Waals surface area contributed by atoms with Crippen molar-refractivity contribution in [1.82, 2.24) is 10.6 Å². The van der Waals surface area contributed by atoms with Crippen LogP contribution in [0, 0.1) is 11.8 Å². The van der Waals surface area contributed by atoms with E-state index in [9.17, 15) is 4.79 Å². The van der Waals surface area contributed by atoms with Crippen molar-refractivity contribution in [2.75, 3.05) is 13.1 Å². The van der Waals surface area contributed by atoms with Crippen molar-refractivity contribution in [2.45, 2.75) is 51.5 Å². The summed E-state index contributed by atoms with van der Waals surface area (Å²) in [6.45, 7) is 4.30. The molecule has 0 bridgehead atoms. The highest BCUT2D eigenvalue weighted by Gasteiger charge is 2.24. The molecule has 1 amide bonds. The zero-order valence-corrected chi connectivity index (χ0v) is 11.5. The molecule has 1 atom stereocenters. The van der Waals surface area contributed by atoms with E-state index in [1.807, 2.05) is 0 Å². The fourth-order valence-electron chi connectivity index (χ4n) is 2.59. The molecule has 1 saturated heterocycles. The minimum Gasteiger partial charge on any atom is -0.354 e. The summed E-state index contributed by atoms with van der Waals surface area (Å²) in [5, 5.41) is 6.47. The van der Waals surface area contributed by atoms with Gasteiger partial charge >= 0.3 is 0 Å². The van der Waals surface area contributed by atoms with Crippen LogP contribution in [-0.4, -0.2) is 25.0 Å². The van der Waals surface area contributed by atoms with Crippen molar-refractivity contribution in [3.63, 3.8) is 0 Å². The molecule has 100 valence electrons. The largest absolute Gasteiger partial charge is 0.354 e. The van der Waals surface area contributed by atoms with Crippen LogP contribution in [0.15, 0.2) is 0 Å². The van der Waals surface area contributed by atoms with E-state index < -0.39 is 0 Å². The summed E-state index contributed by atoms with van der Waals surface area (Å²) in [7, 11) is 0. The summed E-state index contributed by atoms with van der Waals surface area (Å²) in [4.78, 5) is 11.8. The van der Waals surface area contributed by atoms with Gasteiger partial charge in [-0.25, -0.2) is 0 Å². The number of piperidine rings is 1. The van der Waals surface area contributed by atoms with Gasteiger partial charge in [0.05, 0.1) is 0 Å². The first-order chi connectivity index (χ1) is 7.74. The summed E-state index contributed by atoms with van der Waals surface area (Å²) in [5.41, 5.74) is 0. The monoisotopic (exact) mass is 260 g/mol. The number of carbonyl (C=O) groups is 1. The maximum absolute atomic E-state index is 11.8. The minimum atomic E-state index is 0. The lowest BCUT2D eigenvalue weighted by Crippen LogP contribution is -2.36. The fourth-order valence-corrected chi connectivity index (χ4v) is 2.59. The maximum Gasteiger partial charge on any atom is 0.220 e. The molecule has 1 aliphatic carbocycles. The Balaban J connectivity index is 0.00000144. The molecule has 0 spiro atoms. The molecule has 4 heteroatoms. The van der Waals surface area contributed by atoms with E-state index in [0.717, 1.165) is 38.3 Å². The smallest absolute Gasteiger partial charge is 0.220 e. The fraction of sp³-hybridized carbons (Fsp3) is 0.923. The highest BCUT2D eigenvalue weighted by molar-refractivity contribution is 5.85. The molecular weight excluding hydrogens is 236 g/mol. The number of hydrogen-bond acceptors (Lipinski definition) is 2. The van der Waals surface area contributed by atoms with Crippen molar-refractivity contribution in [3.8, 4) is 0 Å². The highest BCUT2D eigenvalue weighted by Crippen LogP contribution is 2.33. The molecule has 0 aromatic carbocycles. The van der Waals surface area contributed by atoms with Crippen LogP contribution in [-0.2, 0) is 4.79 Å². The molecule has 2 aliphatic rings. The predicted molar refractivity (Wildman–Crippen MR) is 72.4 cm³/mol. The topological polar surface area (TPSA) is 41.1 Å². The van der Waals surface area contributed by atoms with Gasteiger partial charge in [0.2, 0.25) is 5.91 Å². The van der Waals surface area contributed by atoms with Gasteiger partial charge in [-0.05, 0) is 51.1 Å². The maximum atomic E-state index is 11.8. The Morgan fingerprint density at radius 1 is 1.24 bits per heavy atom. The number of carbonyl (C=O) groups excluding carboxylic acids is 1. The average molecular weight is 261 g/mol. The molecule has 2 fully saturated rings. The third kappa shape index (κ3) is 5.73. The molecule has 1 heterocycles. The standard InChI is InChI=1S/C13H24N2O.ClH/c1-10(8-11-2-3-11)15-13(16)9-12-4-6-14-7-5-12;/h10-12,14H,2-9H2,1H3,(H,15,16);1H. The Kier molecular flexibility index (Phi) is 6.28. The second-order valence-corrected chi connectivity index (χ2v) is 5.55. The van der Waals surface area contributed by atoms with Gasteiger partial charge in [0.1, 0.15) is 0 Å². The van der Waals surface area contributed by atoms with Gasteiger partial charge in [0, 0.05) is 12.5 Å². The summed E-state index contributed by atoms with van der Waals surface area (Å²) in [5.74, 6) is 1.77. The quantitative estimate of drug-likeness (QED) is 0.795. The van der Waals surface area contributed by atoms with Crippen LogP contribution in [0.25, 0.3) is 0 Å². The van der Waals surface area contributed by atoms with Crippen molar-refractivity contribution < 1.29 is 4.79 Å². The van der Waals surface area contributed by atoms with Crippen molar-refractivity contribution in [2.24, 2.45) is 11.8 Å². The van der Waals surface area contributed by atoms with Gasteiger partial charge in [-0.3, -0.25) is 4.79 Å². The SMILES string of the molecule is CC(CC1CC1)NC(=O)CC1CCNCC1.Cl. The van der Waals surface area contributed by atoms with Crippen LogP contribution in [0.5, 0.6) is 0 Å². The summed E-state index contributed by atoms with van der Waals surface area (Å²) in [6, 6.07) is 0.377. The Labute approximate surface area is 111 Å². The lowest BCUT2D eigenvalue weighted by atomic mass is 9.94.